The number of nitrogens with zero attached hydrogens (tertiary/aromatic N) is 2. The van der Waals surface area contributed by atoms with E-state index in [1.54, 1.807) is 0 Å². The second-order valence-electron chi connectivity index (χ2n) is 5.13. The van der Waals surface area contributed by atoms with Crippen LogP contribution in [0.15, 0.2) is 23.5 Å². The minimum atomic E-state index is 0.688. The fourth-order valence-electron chi connectivity index (χ4n) is 2.55. The normalized spacial score (nSPS) is 27.0. The van der Waals surface area contributed by atoms with Gasteiger partial charge in [0.25, 0.3) is 0 Å². The van der Waals surface area contributed by atoms with Crippen LogP contribution >= 0.6 is 0 Å². The molecule has 3 aliphatic rings. The molecule has 0 saturated carbocycles. The third-order valence-corrected chi connectivity index (χ3v) is 3.87. The van der Waals surface area contributed by atoms with Gasteiger partial charge < -0.3 is 15.0 Å². The molecule has 3 heterocycles. The van der Waals surface area contributed by atoms with E-state index in [2.05, 4.69) is 34.2 Å². The first kappa shape index (κ1) is 11.1. The van der Waals surface area contributed by atoms with E-state index in [0.29, 0.717) is 6.04 Å². The number of dihydropyridines is 1. The number of piperazine rings is 1. The molecule has 0 spiro atoms. The van der Waals surface area contributed by atoms with Crippen LogP contribution in [-0.2, 0) is 4.74 Å². The molecule has 3 rings (SSSR count). The Morgan fingerprint density at radius 1 is 1.18 bits per heavy atom. The Labute approximate surface area is 103 Å². The first-order valence-electron chi connectivity index (χ1n) is 6.51. The summed E-state index contributed by atoms with van der Waals surface area (Å²) in [6.45, 7) is 9.60. The lowest BCUT2D eigenvalue weighted by molar-refractivity contribution is -0.0750. The summed E-state index contributed by atoms with van der Waals surface area (Å²) in [5, 5.41) is 3.49. The van der Waals surface area contributed by atoms with Crippen LogP contribution in [0.3, 0.4) is 0 Å². The lowest BCUT2D eigenvalue weighted by Crippen LogP contribution is -2.57. The van der Waals surface area contributed by atoms with Crippen LogP contribution in [0, 0.1) is 0 Å². The molecule has 1 N–H and O–H groups in total. The molecular formula is C13H21N3O. The summed E-state index contributed by atoms with van der Waals surface area (Å²) in [6, 6.07) is 0.688. The Morgan fingerprint density at radius 3 is 2.47 bits per heavy atom. The predicted octanol–water partition coefficient (Wildman–Crippen LogP) is 0.394. The zero-order valence-electron chi connectivity index (χ0n) is 10.5. The summed E-state index contributed by atoms with van der Waals surface area (Å²) >= 11 is 0. The van der Waals surface area contributed by atoms with E-state index in [-0.39, 0.29) is 0 Å². The highest BCUT2D eigenvalue weighted by Crippen LogP contribution is 2.16. The first-order valence-corrected chi connectivity index (χ1v) is 6.51. The zero-order chi connectivity index (χ0) is 11.7. The number of ether oxygens (including phenoxy) is 1. The van der Waals surface area contributed by atoms with Gasteiger partial charge in [-0.2, -0.15) is 0 Å². The minimum Gasteiger partial charge on any atom is -0.378 e. The maximum Gasteiger partial charge on any atom is 0.102 e. The maximum absolute atomic E-state index is 5.26. The SMILES string of the molecule is CC1=CC=C(N2CCN(C3COC3)CC2)NC1. The molecule has 4 heteroatoms. The minimum absolute atomic E-state index is 0.688. The van der Waals surface area contributed by atoms with Crippen LogP contribution in [0.1, 0.15) is 6.92 Å². The van der Waals surface area contributed by atoms with E-state index >= 15 is 0 Å². The van der Waals surface area contributed by atoms with Crippen LogP contribution in [0.2, 0.25) is 0 Å². The van der Waals surface area contributed by atoms with E-state index in [4.69, 9.17) is 4.74 Å². The third-order valence-electron chi connectivity index (χ3n) is 3.87. The van der Waals surface area contributed by atoms with Gasteiger partial charge in [0.1, 0.15) is 5.82 Å². The molecule has 0 aliphatic carbocycles. The van der Waals surface area contributed by atoms with Crippen molar-refractivity contribution in [2.75, 3.05) is 45.9 Å². The second kappa shape index (κ2) is 4.70. The van der Waals surface area contributed by atoms with E-state index < -0.39 is 0 Å². The van der Waals surface area contributed by atoms with E-state index in [1.807, 2.05) is 0 Å². The van der Waals surface area contributed by atoms with Crippen molar-refractivity contribution in [3.8, 4) is 0 Å². The number of nitrogens with one attached hydrogen (secondary N) is 1. The van der Waals surface area contributed by atoms with E-state index in [0.717, 1.165) is 45.9 Å². The molecule has 94 valence electrons. The van der Waals surface area contributed by atoms with Gasteiger partial charge in [0.15, 0.2) is 0 Å². The molecule has 3 aliphatic heterocycles. The van der Waals surface area contributed by atoms with Gasteiger partial charge in [-0.05, 0) is 13.0 Å². The highest BCUT2D eigenvalue weighted by atomic mass is 16.5. The molecule has 4 nitrogen and oxygen atoms in total. The maximum atomic E-state index is 5.26. The number of rotatable bonds is 2. The smallest absolute Gasteiger partial charge is 0.102 e. The number of hydrogen-bond acceptors (Lipinski definition) is 4. The molecule has 2 fully saturated rings. The standard InChI is InChI=1S/C13H21N3O/c1-11-2-3-13(14-8-11)16-6-4-15(5-7-16)12-9-17-10-12/h2-3,12,14H,4-10H2,1H3. The highest BCUT2D eigenvalue weighted by Gasteiger charge is 2.29. The summed E-state index contributed by atoms with van der Waals surface area (Å²) in [7, 11) is 0. The third kappa shape index (κ3) is 2.33. The summed E-state index contributed by atoms with van der Waals surface area (Å²) in [4.78, 5) is 5.02. The van der Waals surface area contributed by atoms with Crippen molar-refractivity contribution in [3.05, 3.63) is 23.5 Å². The Morgan fingerprint density at radius 2 is 1.94 bits per heavy atom. The molecule has 0 atom stereocenters. The monoisotopic (exact) mass is 235 g/mol. The van der Waals surface area contributed by atoms with Crippen LogP contribution in [0.5, 0.6) is 0 Å². The fraction of sp³-hybridized carbons (Fsp3) is 0.692. The molecule has 0 radical (unpaired) electrons. The van der Waals surface area contributed by atoms with Gasteiger partial charge in [-0.3, -0.25) is 4.90 Å². The average Bonchev–Trinajstić information content (AvgIpc) is 2.29. The fourth-order valence-corrected chi connectivity index (χ4v) is 2.55. The molecule has 17 heavy (non-hydrogen) atoms. The van der Waals surface area contributed by atoms with Gasteiger partial charge >= 0.3 is 0 Å². The van der Waals surface area contributed by atoms with E-state index in [1.165, 1.54) is 11.4 Å². The summed E-state index contributed by atoms with van der Waals surface area (Å²) in [5.41, 5.74) is 1.40. The molecule has 2 saturated heterocycles. The Hall–Kier alpha value is -1.00. The molecule has 0 unspecified atom stereocenters. The number of allylic oxidation sites excluding steroid dienone is 2. The van der Waals surface area contributed by atoms with Crippen molar-refractivity contribution in [2.45, 2.75) is 13.0 Å². The summed E-state index contributed by atoms with van der Waals surface area (Å²) in [6.07, 6.45) is 4.43. The molecule has 0 bridgehead atoms. The van der Waals surface area contributed by atoms with Crippen molar-refractivity contribution in [1.82, 2.24) is 15.1 Å². The van der Waals surface area contributed by atoms with Crippen molar-refractivity contribution < 1.29 is 4.74 Å². The van der Waals surface area contributed by atoms with Crippen LogP contribution in [0.4, 0.5) is 0 Å². The summed E-state index contributed by atoms with van der Waals surface area (Å²) in [5.74, 6) is 1.29. The van der Waals surface area contributed by atoms with Gasteiger partial charge in [0.05, 0.1) is 19.3 Å². The Kier molecular flexibility index (Phi) is 3.07. The van der Waals surface area contributed by atoms with Gasteiger partial charge in [-0.1, -0.05) is 11.6 Å². The lowest BCUT2D eigenvalue weighted by Gasteiger charge is -2.44. The van der Waals surface area contributed by atoms with Crippen molar-refractivity contribution >= 4 is 0 Å². The van der Waals surface area contributed by atoms with Crippen LogP contribution < -0.4 is 5.32 Å². The average molecular weight is 235 g/mol. The van der Waals surface area contributed by atoms with Crippen molar-refractivity contribution in [3.63, 3.8) is 0 Å². The van der Waals surface area contributed by atoms with Gasteiger partial charge in [-0.15, -0.1) is 0 Å². The first-order chi connectivity index (χ1) is 8.33. The van der Waals surface area contributed by atoms with Crippen molar-refractivity contribution in [1.29, 1.82) is 0 Å². The Bertz CT molecular complexity index is 339. The van der Waals surface area contributed by atoms with Gasteiger partial charge in [0, 0.05) is 32.7 Å². The zero-order valence-corrected chi connectivity index (χ0v) is 10.5. The summed E-state index contributed by atoms with van der Waals surface area (Å²) < 4.78 is 5.26. The largest absolute Gasteiger partial charge is 0.378 e. The Balaban J connectivity index is 1.54. The molecule has 0 aromatic rings. The predicted molar refractivity (Wildman–Crippen MR) is 67.6 cm³/mol. The second-order valence-corrected chi connectivity index (χ2v) is 5.13. The lowest BCUT2D eigenvalue weighted by atomic mass is 10.1. The topological polar surface area (TPSA) is 27.7 Å². The van der Waals surface area contributed by atoms with Crippen molar-refractivity contribution in [2.24, 2.45) is 0 Å². The number of hydrogen-bond donors (Lipinski definition) is 1. The van der Waals surface area contributed by atoms with Crippen LogP contribution in [0.25, 0.3) is 0 Å². The molecule has 0 aromatic heterocycles. The molecular weight excluding hydrogens is 214 g/mol. The quantitative estimate of drug-likeness (QED) is 0.749. The van der Waals surface area contributed by atoms with E-state index in [9.17, 15) is 0 Å². The molecule has 0 amide bonds. The molecule has 0 aromatic carbocycles. The van der Waals surface area contributed by atoms with Gasteiger partial charge in [-0.25, -0.2) is 0 Å². The highest BCUT2D eigenvalue weighted by molar-refractivity contribution is 5.22. The van der Waals surface area contributed by atoms with Gasteiger partial charge in [0.2, 0.25) is 0 Å². The van der Waals surface area contributed by atoms with Crippen LogP contribution in [-0.4, -0.2) is 61.8 Å².